The van der Waals surface area contributed by atoms with Gasteiger partial charge in [-0.25, -0.2) is 0 Å². The molecule has 3 aliphatic rings. The van der Waals surface area contributed by atoms with Crippen molar-refractivity contribution in [3.8, 4) is 11.5 Å². The van der Waals surface area contributed by atoms with E-state index in [0.29, 0.717) is 5.56 Å². The Morgan fingerprint density at radius 3 is 2.65 bits per heavy atom. The van der Waals surface area contributed by atoms with Crippen molar-refractivity contribution >= 4 is 16.8 Å². The molecule has 6 rings (SSSR count). The Morgan fingerprint density at radius 1 is 1.09 bits per heavy atom. The number of rotatable bonds is 5. The molecule has 0 spiro atoms. The van der Waals surface area contributed by atoms with Crippen LogP contribution >= 0.6 is 0 Å². The molecule has 0 atom stereocenters. The Balaban J connectivity index is 1.27. The van der Waals surface area contributed by atoms with E-state index in [0.717, 1.165) is 85.9 Å². The smallest absolute Gasteiger partial charge is 0.252 e. The van der Waals surface area contributed by atoms with Crippen molar-refractivity contribution in [3.05, 3.63) is 65.4 Å². The number of phenolic OH excluding ortho intramolecular Hbond substituents is 1. The monoisotopic (exact) mass is 457 g/mol. The average molecular weight is 458 g/mol. The number of piperidine rings is 2. The molecule has 1 aliphatic carbocycles. The molecule has 176 valence electrons. The van der Waals surface area contributed by atoms with E-state index in [4.69, 9.17) is 4.74 Å². The van der Waals surface area contributed by atoms with Crippen molar-refractivity contribution < 1.29 is 14.6 Å². The van der Waals surface area contributed by atoms with Crippen LogP contribution in [0.5, 0.6) is 11.5 Å². The molecule has 1 saturated carbocycles. The van der Waals surface area contributed by atoms with Crippen LogP contribution in [0.1, 0.15) is 60.0 Å². The number of carbonyl (C=O) groups is 1. The molecule has 2 N–H and O–H groups in total. The van der Waals surface area contributed by atoms with E-state index in [1.54, 1.807) is 18.3 Å². The first-order chi connectivity index (χ1) is 16.5. The molecule has 3 aromatic rings. The minimum absolute atomic E-state index is 0.104. The predicted octanol–water partition coefficient (Wildman–Crippen LogP) is 4.68. The zero-order valence-electron chi connectivity index (χ0n) is 19.6. The summed E-state index contributed by atoms with van der Waals surface area (Å²) in [7, 11) is 0. The highest BCUT2D eigenvalue weighted by molar-refractivity contribution is 5.97. The van der Waals surface area contributed by atoms with E-state index >= 15 is 0 Å². The topological polar surface area (TPSA) is 74.7 Å². The summed E-state index contributed by atoms with van der Waals surface area (Å²) in [5, 5.41) is 14.5. The van der Waals surface area contributed by atoms with Crippen LogP contribution in [0.2, 0.25) is 0 Å². The first kappa shape index (κ1) is 21.4. The number of nitrogens with one attached hydrogen (secondary N) is 1. The van der Waals surface area contributed by atoms with Gasteiger partial charge in [-0.1, -0.05) is 12.1 Å². The van der Waals surface area contributed by atoms with Crippen molar-refractivity contribution in [2.24, 2.45) is 0 Å². The third-order valence-corrected chi connectivity index (χ3v) is 7.84. The fourth-order valence-electron chi connectivity index (χ4n) is 5.94. The molecule has 3 heterocycles. The number of hydrogen-bond acceptors (Lipinski definition) is 5. The number of fused-ring (bicyclic) bond motifs is 3. The predicted molar refractivity (Wildman–Crippen MR) is 131 cm³/mol. The minimum Gasteiger partial charge on any atom is -0.508 e. The van der Waals surface area contributed by atoms with Gasteiger partial charge in [0.25, 0.3) is 5.91 Å². The van der Waals surface area contributed by atoms with E-state index in [9.17, 15) is 9.90 Å². The maximum Gasteiger partial charge on any atom is 0.252 e. The van der Waals surface area contributed by atoms with E-state index in [1.165, 1.54) is 0 Å². The molecule has 2 saturated heterocycles. The van der Waals surface area contributed by atoms with E-state index in [-0.39, 0.29) is 17.3 Å². The lowest BCUT2D eigenvalue weighted by Gasteiger charge is -2.46. The highest BCUT2D eigenvalue weighted by atomic mass is 16.5. The van der Waals surface area contributed by atoms with Gasteiger partial charge in [0.15, 0.2) is 0 Å². The Hall–Kier alpha value is -3.12. The summed E-state index contributed by atoms with van der Waals surface area (Å²) < 4.78 is 6.60. The summed E-state index contributed by atoms with van der Waals surface area (Å²) in [6, 6.07) is 13.2. The fraction of sp³-hybridized carbons (Fsp3) is 0.429. The Labute approximate surface area is 199 Å². The van der Waals surface area contributed by atoms with Gasteiger partial charge in [0.05, 0.1) is 11.1 Å². The molecule has 0 radical (unpaired) electrons. The highest BCUT2D eigenvalue weighted by Gasteiger charge is 2.47. The number of pyridine rings is 1. The second kappa shape index (κ2) is 7.98. The number of ether oxygens (including phenoxy) is 1. The molecular weight excluding hydrogens is 426 g/mol. The lowest BCUT2D eigenvalue weighted by molar-refractivity contribution is -0.0426. The molecule has 2 aromatic carbocycles. The van der Waals surface area contributed by atoms with E-state index in [2.05, 4.69) is 15.2 Å². The second-order valence-corrected chi connectivity index (χ2v) is 10.3. The zero-order chi connectivity index (χ0) is 23.3. The number of aryl methyl sites for hydroxylation is 1. The van der Waals surface area contributed by atoms with Crippen molar-refractivity contribution in [2.45, 2.75) is 56.6 Å². The van der Waals surface area contributed by atoms with Gasteiger partial charge < -0.3 is 15.2 Å². The van der Waals surface area contributed by atoms with Gasteiger partial charge in [0.1, 0.15) is 17.1 Å². The number of carbonyl (C=O) groups excluding carboxylic acids is 1. The van der Waals surface area contributed by atoms with Crippen molar-refractivity contribution in [1.82, 2.24) is 15.2 Å². The fourth-order valence-corrected chi connectivity index (χ4v) is 5.94. The quantitative estimate of drug-likeness (QED) is 0.582. The number of phenols is 1. The summed E-state index contributed by atoms with van der Waals surface area (Å²) in [4.78, 5) is 20.4. The van der Waals surface area contributed by atoms with Crippen LogP contribution in [-0.4, -0.2) is 46.1 Å². The SMILES string of the molecule is Cc1ccc(OC23CCCN(CCC2)C3)cc1C(=O)NC1(c2cc(O)cc3ncccc23)CC1. The van der Waals surface area contributed by atoms with Crippen LogP contribution in [0.3, 0.4) is 0 Å². The Kier molecular flexibility index (Phi) is 5.03. The van der Waals surface area contributed by atoms with Crippen molar-refractivity contribution in [1.29, 1.82) is 0 Å². The summed E-state index contributed by atoms with van der Waals surface area (Å²) >= 11 is 0. The third kappa shape index (κ3) is 3.80. The molecule has 2 aliphatic heterocycles. The molecule has 1 aromatic heterocycles. The molecule has 0 unspecified atom stereocenters. The maximum absolute atomic E-state index is 13.5. The minimum atomic E-state index is -0.480. The molecule has 3 fully saturated rings. The van der Waals surface area contributed by atoms with Crippen LogP contribution in [0.4, 0.5) is 0 Å². The van der Waals surface area contributed by atoms with Gasteiger partial charge in [-0.3, -0.25) is 14.7 Å². The van der Waals surface area contributed by atoms with E-state index in [1.807, 2.05) is 37.3 Å². The summed E-state index contributed by atoms with van der Waals surface area (Å²) in [6.45, 7) is 5.26. The van der Waals surface area contributed by atoms with Gasteiger partial charge in [0.2, 0.25) is 0 Å². The highest BCUT2D eigenvalue weighted by Crippen LogP contribution is 2.49. The second-order valence-electron chi connectivity index (χ2n) is 10.3. The van der Waals surface area contributed by atoms with Crippen molar-refractivity contribution in [2.75, 3.05) is 19.6 Å². The summed E-state index contributed by atoms with van der Waals surface area (Å²) in [6.07, 6.45) is 7.85. The number of benzene rings is 2. The Bertz CT molecular complexity index is 1260. The van der Waals surface area contributed by atoms with Gasteiger partial charge in [-0.15, -0.1) is 0 Å². The number of aromatic nitrogens is 1. The standard InChI is InChI=1S/C28H31N3O3/c1-19-6-7-21(34-27-8-3-13-31(18-27)14-4-9-27)17-23(19)26(33)30-28(10-11-28)24-15-20(32)16-25-22(24)5-2-12-29-25/h2,5-7,12,15-17,32H,3-4,8-11,13-14,18H2,1H3,(H,30,33). The van der Waals surface area contributed by atoms with Gasteiger partial charge >= 0.3 is 0 Å². The van der Waals surface area contributed by atoms with Crippen LogP contribution in [-0.2, 0) is 5.54 Å². The normalized spacial score (nSPS) is 25.0. The van der Waals surface area contributed by atoms with Gasteiger partial charge in [-0.2, -0.15) is 0 Å². The largest absolute Gasteiger partial charge is 0.508 e. The van der Waals surface area contributed by atoms with Gasteiger partial charge in [-0.05, 0) is 93.9 Å². The summed E-state index contributed by atoms with van der Waals surface area (Å²) in [5.74, 6) is 0.838. The number of amides is 1. The van der Waals surface area contributed by atoms with Crippen LogP contribution < -0.4 is 10.1 Å². The first-order valence-corrected chi connectivity index (χ1v) is 12.4. The first-order valence-electron chi connectivity index (χ1n) is 12.4. The molecule has 1 amide bonds. The number of nitrogens with zero attached hydrogens (tertiary/aromatic N) is 2. The average Bonchev–Trinajstić information content (AvgIpc) is 3.60. The molecule has 6 nitrogen and oxygen atoms in total. The molecular formula is C28H31N3O3. The molecule has 34 heavy (non-hydrogen) atoms. The molecule has 2 bridgehead atoms. The van der Waals surface area contributed by atoms with Crippen LogP contribution in [0.15, 0.2) is 48.7 Å². The zero-order valence-corrected chi connectivity index (χ0v) is 19.6. The summed E-state index contributed by atoms with van der Waals surface area (Å²) in [5.41, 5.74) is 2.62. The van der Waals surface area contributed by atoms with Crippen LogP contribution in [0.25, 0.3) is 10.9 Å². The lowest BCUT2D eigenvalue weighted by atomic mass is 9.84. The number of aromatic hydroxyl groups is 1. The Morgan fingerprint density at radius 2 is 1.88 bits per heavy atom. The third-order valence-electron chi connectivity index (χ3n) is 7.84. The van der Waals surface area contributed by atoms with E-state index < -0.39 is 5.54 Å². The van der Waals surface area contributed by atoms with Crippen LogP contribution in [0, 0.1) is 6.92 Å². The lowest BCUT2D eigenvalue weighted by Crippen LogP contribution is -2.55. The van der Waals surface area contributed by atoms with Crippen molar-refractivity contribution in [3.63, 3.8) is 0 Å². The maximum atomic E-state index is 13.5. The van der Waals surface area contributed by atoms with Gasteiger partial charge in [0, 0.05) is 29.8 Å². The number of hydrogen-bond donors (Lipinski definition) is 2. The molecule has 6 heteroatoms.